The van der Waals surface area contributed by atoms with Crippen LogP contribution in [0.15, 0.2) is 29.8 Å². The molecule has 1 N–H and O–H groups in total. The summed E-state index contributed by atoms with van der Waals surface area (Å²) >= 11 is 1.70. The molecule has 2 aromatic rings. The molecule has 0 bridgehead atoms. The van der Waals surface area contributed by atoms with Crippen LogP contribution in [0.25, 0.3) is 10.7 Å². The van der Waals surface area contributed by atoms with Crippen molar-refractivity contribution in [1.82, 2.24) is 20.2 Å². The molecule has 0 radical (unpaired) electrons. The molecule has 0 atom stereocenters. The summed E-state index contributed by atoms with van der Waals surface area (Å²) in [5, 5.41) is 6.71. The van der Waals surface area contributed by atoms with E-state index in [0.717, 1.165) is 17.2 Å². The van der Waals surface area contributed by atoms with Gasteiger partial charge in [-0.2, -0.15) is 0 Å². The highest BCUT2D eigenvalue weighted by molar-refractivity contribution is 7.13. The third kappa shape index (κ3) is 3.74. The zero-order valence-electron chi connectivity index (χ0n) is 13.2. The molecule has 2 aliphatic heterocycles. The molecule has 4 nitrogen and oxygen atoms in total. The Kier molecular flexibility index (Phi) is 5.31. The molecular weight excluding hydrogens is 328 g/mol. The van der Waals surface area contributed by atoms with Gasteiger partial charge in [0.1, 0.15) is 5.01 Å². The molecule has 0 amide bonds. The highest BCUT2D eigenvalue weighted by atomic mass is 35.5. The number of hydrogen-bond donors (Lipinski definition) is 1. The van der Waals surface area contributed by atoms with Gasteiger partial charge in [0.05, 0.1) is 11.4 Å². The van der Waals surface area contributed by atoms with Crippen LogP contribution in [0.1, 0.15) is 25.0 Å². The van der Waals surface area contributed by atoms with Crippen LogP contribution in [-0.4, -0.2) is 41.0 Å². The fourth-order valence-corrected chi connectivity index (χ4v) is 4.53. The molecule has 2 fully saturated rings. The lowest BCUT2D eigenvalue weighted by Gasteiger charge is -2.33. The third-order valence-electron chi connectivity index (χ3n) is 5.00. The van der Waals surface area contributed by atoms with Crippen LogP contribution in [-0.2, 0) is 6.54 Å². The monoisotopic (exact) mass is 350 g/mol. The standard InChI is InChI=1S/C17H22N4S.ClH/c1-2-7-19-15(3-1)16-20-14(12-22-16)11-21-10-6-17(13-21)4-8-18-9-5-17;/h1-3,7,12,18H,4-6,8-11,13H2;1H. The number of hydrogen-bond acceptors (Lipinski definition) is 5. The Bertz CT molecular complexity index is 625. The van der Waals surface area contributed by atoms with E-state index in [9.17, 15) is 0 Å². The second kappa shape index (κ2) is 7.26. The lowest BCUT2D eigenvalue weighted by molar-refractivity contribution is 0.193. The van der Waals surface area contributed by atoms with Crippen LogP contribution < -0.4 is 5.32 Å². The summed E-state index contributed by atoms with van der Waals surface area (Å²) in [6, 6.07) is 5.99. The predicted octanol–water partition coefficient (Wildman–Crippen LogP) is 3.20. The molecule has 0 unspecified atom stereocenters. The van der Waals surface area contributed by atoms with Crippen LogP contribution in [0.4, 0.5) is 0 Å². The number of piperidine rings is 1. The average Bonchev–Trinajstić information content (AvgIpc) is 3.17. The smallest absolute Gasteiger partial charge is 0.142 e. The summed E-state index contributed by atoms with van der Waals surface area (Å²) in [7, 11) is 0. The van der Waals surface area contributed by atoms with E-state index in [2.05, 4.69) is 20.6 Å². The molecule has 0 aromatic carbocycles. The van der Waals surface area contributed by atoms with E-state index in [1.165, 1.54) is 51.1 Å². The van der Waals surface area contributed by atoms with Gasteiger partial charge < -0.3 is 5.32 Å². The van der Waals surface area contributed by atoms with Gasteiger partial charge in [0, 0.05) is 24.7 Å². The minimum atomic E-state index is 0. The molecule has 2 aromatic heterocycles. The van der Waals surface area contributed by atoms with Crippen molar-refractivity contribution in [2.45, 2.75) is 25.8 Å². The number of halogens is 1. The molecule has 4 heterocycles. The summed E-state index contributed by atoms with van der Waals surface area (Å²) in [4.78, 5) is 11.8. The zero-order chi connectivity index (χ0) is 14.8. The summed E-state index contributed by atoms with van der Waals surface area (Å²) in [6.45, 7) is 5.82. The minimum absolute atomic E-state index is 0. The topological polar surface area (TPSA) is 41.1 Å². The van der Waals surface area contributed by atoms with E-state index in [0.29, 0.717) is 5.41 Å². The van der Waals surface area contributed by atoms with Gasteiger partial charge in [-0.1, -0.05) is 6.07 Å². The summed E-state index contributed by atoms with van der Waals surface area (Å²) in [5.41, 5.74) is 2.75. The number of nitrogens with zero attached hydrogens (tertiary/aromatic N) is 3. The Labute approximate surface area is 147 Å². The van der Waals surface area contributed by atoms with Gasteiger partial charge in [-0.05, 0) is 56.4 Å². The maximum absolute atomic E-state index is 4.78. The Morgan fingerprint density at radius 2 is 2.09 bits per heavy atom. The van der Waals surface area contributed by atoms with Crippen molar-refractivity contribution < 1.29 is 0 Å². The van der Waals surface area contributed by atoms with Crippen LogP contribution in [0.5, 0.6) is 0 Å². The van der Waals surface area contributed by atoms with Crippen molar-refractivity contribution in [3.8, 4) is 10.7 Å². The van der Waals surface area contributed by atoms with E-state index in [-0.39, 0.29) is 12.4 Å². The molecule has 124 valence electrons. The Morgan fingerprint density at radius 3 is 2.87 bits per heavy atom. The first-order chi connectivity index (χ1) is 10.8. The predicted molar refractivity (Wildman–Crippen MR) is 97.0 cm³/mol. The van der Waals surface area contributed by atoms with Gasteiger partial charge in [-0.3, -0.25) is 9.88 Å². The number of pyridine rings is 1. The molecular formula is C17H23ClN4S. The Hall–Kier alpha value is -1.01. The molecule has 0 saturated carbocycles. The first-order valence-electron chi connectivity index (χ1n) is 8.12. The van der Waals surface area contributed by atoms with Gasteiger partial charge in [-0.25, -0.2) is 4.98 Å². The minimum Gasteiger partial charge on any atom is -0.317 e. The second-order valence-electron chi connectivity index (χ2n) is 6.57. The van der Waals surface area contributed by atoms with Crippen molar-refractivity contribution in [2.75, 3.05) is 26.2 Å². The highest BCUT2D eigenvalue weighted by Gasteiger charge is 2.38. The average molecular weight is 351 g/mol. The summed E-state index contributed by atoms with van der Waals surface area (Å²) < 4.78 is 0. The summed E-state index contributed by atoms with van der Waals surface area (Å²) in [5.74, 6) is 0. The van der Waals surface area contributed by atoms with Crippen LogP contribution >= 0.6 is 23.7 Å². The Balaban J connectivity index is 0.00000156. The summed E-state index contributed by atoms with van der Waals surface area (Å²) in [6.07, 6.45) is 5.85. The maximum Gasteiger partial charge on any atom is 0.142 e. The number of likely N-dealkylation sites (tertiary alicyclic amines) is 1. The maximum atomic E-state index is 4.78. The lowest BCUT2D eigenvalue weighted by Crippen LogP contribution is -2.38. The van der Waals surface area contributed by atoms with Crippen LogP contribution in [0.2, 0.25) is 0 Å². The first-order valence-corrected chi connectivity index (χ1v) is 9.00. The van der Waals surface area contributed by atoms with Gasteiger partial charge in [0.25, 0.3) is 0 Å². The normalized spacial score (nSPS) is 20.5. The van der Waals surface area contributed by atoms with Gasteiger partial charge in [0.15, 0.2) is 0 Å². The zero-order valence-corrected chi connectivity index (χ0v) is 14.8. The lowest BCUT2D eigenvalue weighted by atomic mass is 9.78. The number of rotatable bonds is 3. The molecule has 4 rings (SSSR count). The first kappa shape index (κ1) is 16.8. The van der Waals surface area contributed by atoms with Crippen LogP contribution in [0, 0.1) is 5.41 Å². The molecule has 23 heavy (non-hydrogen) atoms. The van der Waals surface area contributed by atoms with Crippen molar-refractivity contribution in [1.29, 1.82) is 0 Å². The molecule has 2 aliphatic rings. The molecule has 1 spiro atoms. The fourth-order valence-electron chi connectivity index (χ4n) is 3.74. The van der Waals surface area contributed by atoms with E-state index >= 15 is 0 Å². The van der Waals surface area contributed by atoms with E-state index in [1.807, 2.05) is 24.4 Å². The molecule has 2 saturated heterocycles. The van der Waals surface area contributed by atoms with Crippen molar-refractivity contribution in [2.24, 2.45) is 5.41 Å². The number of aromatic nitrogens is 2. The Morgan fingerprint density at radius 1 is 1.22 bits per heavy atom. The quantitative estimate of drug-likeness (QED) is 0.922. The molecule has 6 heteroatoms. The van der Waals surface area contributed by atoms with Crippen molar-refractivity contribution in [3.05, 3.63) is 35.5 Å². The van der Waals surface area contributed by atoms with Gasteiger partial charge in [0.2, 0.25) is 0 Å². The van der Waals surface area contributed by atoms with E-state index in [4.69, 9.17) is 4.98 Å². The number of nitrogens with one attached hydrogen (secondary N) is 1. The van der Waals surface area contributed by atoms with Gasteiger partial charge in [-0.15, -0.1) is 23.7 Å². The number of thiazole rings is 1. The second-order valence-corrected chi connectivity index (χ2v) is 7.43. The fraction of sp³-hybridized carbons (Fsp3) is 0.529. The highest BCUT2D eigenvalue weighted by Crippen LogP contribution is 2.39. The molecule has 0 aliphatic carbocycles. The van der Waals surface area contributed by atoms with Crippen molar-refractivity contribution in [3.63, 3.8) is 0 Å². The van der Waals surface area contributed by atoms with Gasteiger partial charge >= 0.3 is 0 Å². The third-order valence-corrected chi connectivity index (χ3v) is 5.92. The van der Waals surface area contributed by atoms with Crippen LogP contribution in [0.3, 0.4) is 0 Å². The van der Waals surface area contributed by atoms with Crippen molar-refractivity contribution >= 4 is 23.7 Å². The van der Waals surface area contributed by atoms with E-state index in [1.54, 1.807) is 11.3 Å². The largest absolute Gasteiger partial charge is 0.317 e. The SMILES string of the molecule is Cl.c1ccc(-c2nc(CN3CCC4(CCNCC4)C3)cs2)nc1. The van der Waals surface area contributed by atoms with E-state index < -0.39 is 0 Å².